The van der Waals surface area contributed by atoms with Crippen LogP contribution in [-0.4, -0.2) is 51.6 Å². The van der Waals surface area contributed by atoms with Crippen LogP contribution < -0.4 is 10.6 Å². The summed E-state index contributed by atoms with van der Waals surface area (Å²) >= 11 is 0. The molecule has 0 bridgehead atoms. The highest BCUT2D eigenvalue weighted by Crippen LogP contribution is 2.34. The molecule has 8 heteroatoms. The van der Waals surface area contributed by atoms with Gasteiger partial charge in [-0.1, -0.05) is 42.5 Å². The van der Waals surface area contributed by atoms with Gasteiger partial charge in [0.1, 0.15) is 23.4 Å². The van der Waals surface area contributed by atoms with Crippen molar-refractivity contribution in [3.05, 3.63) is 65.7 Å². The van der Waals surface area contributed by atoms with Gasteiger partial charge in [0.15, 0.2) is 0 Å². The lowest BCUT2D eigenvalue weighted by Crippen LogP contribution is -2.58. The SMILES string of the molecule is CC(C)NC(=O)C(c1ccccc1)N(C(=O)C(Cc1ccc(O)cc1)NC(=O)OC(C)(C)C)C1CCC1. The predicted octanol–water partition coefficient (Wildman–Crippen LogP) is 4.48. The molecule has 3 amide bonds. The van der Waals surface area contributed by atoms with E-state index < -0.39 is 23.8 Å². The maximum atomic E-state index is 14.3. The van der Waals surface area contributed by atoms with Crippen molar-refractivity contribution in [1.29, 1.82) is 0 Å². The largest absolute Gasteiger partial charge is 0.508 e. The number of nitrogens with zero attached hydrogens (tertiary/aromatic N) is 1. The number of rotatable bonds is 9. The molecule has 2 aromatic carbocycles. The van der Waals surface area contributed by atoms with Crippen molar-refractivity contribution in [3.63, 3.8) is 0 Å². The topological polar surface area (TPSA) is 108 Å². The average Bonchev–Trinajstić information content (AvgIpc) is 2.77. The molecule has 1 aliphatic rings. The molecule has 3 N–H and O–H groups in total. The minimum Gasteiger partial charge on any atom is -0.508 e. The van der Waals surface area contributed by atoms with Crippen molar-refractivity contribution in [2.24, 2.45) is 0 Å². The standard InChI is InChI=1S/C29H39N3O5/c1-19(2)30-26(34)25(21-10-7-6-8-11-21)32(22-12-9-13-22)27(35)24(31-28(36)37-29(3,4)5)18-20-14-16-23(33)17-15-20/h6-8,10-11,14-17,19,22,24-25,33H,9,12-13,18H2,1-5H3,(H,30,34)(H,31,36). The Hall–Kier alpha value is -3.55. The summed E-state index contributed by atoms with van der Waals surface area (Å²) in [6.45, 7) is 9.03. The van der Waals surface area contributed by atoms with Crippen LogP contribution in [0.2, 0.25) is 0 Å². The minimum absolute atomic E-state index is 0.107. The van der Waals surface area contributed by atoms with Crippen LogP contribution in [0.25, 0.3) is 0 Å². The fourth-order valence-electron chi connectivity index (χ4n) is 4.32. The lowest BCUT2D eigenvalue weighted by atomic mass is 9.87. The molecule has 0 aromatic heterocycles. The van der Waals surface area contributed by atoms with E-state index in [0.717, 1.165) is 24.8 Å². The first-order chi connectivity index (χ1) is 17.4. The Morgan fingerprint density at radius 3 is 2.14 bits per heavy atom. The Kier molecular flexibility index (Phi) is 9.18. The zero-order chi connectivity index (χ0) is 27.2. The van der Waals surface area contributed by atoms with E-state index in [1.807, 2.05) is 44.2 Å². The van der Waals surface area contributed by atoms with Crippen molar-refractivity contribution < 1.29 is 24.2 Å². The molecule has 3 rings (SSSR count). The molecule has 8 nitrogen and oxygen atoms in total. The molecule has 1 saturated carbocycles. The molecule has 0 radical (unpaired) electrons. The monoisotopic (exact) mass is 509 g/mol. The second-order valence-electron chi connectivity index (χ2n) is 10.9. The van der Waals surface area contributed by atoms with Gasteiger partial charge in [-0.15, -0.1) is 0 Å². The molecule has 0 spiro atoms. The van der Waals surface area contributed by atoms with Crippen LogP contribution in [-0.2, 0) is 20.7 Å². The molecular formula is C29H39N3O5. The van der Waals surface area contributed by atoms with E-state index in [4.69, 9.17) is 4.74 Å². The number of phenolic OH excluding ortho intramolecular Hbond substituents is 1. The molecule has 0 heterocycles. The third-order valence-electron chi connectivity index (χ3n) is 6.16. The van der Waals surface area contributed by atoms with Gasteiger partial charge in [-0.3, -0.25) is 9.59 Å². The molecule has 200 valence electrons. The summed E-state index contributed by atoms with van der Waals surface area (Å²) in [4.78, 5) is 42.3. The highest BCUT2D eigenvalue weighted by atomic mass is 16.6. The highest BCUT2D eigenvalue weighted by Gasteiger charge is 2.42. The zero-order valence-electron chi connectivity index (χ0n) is 22.4. The van der Waals surface area contributed by atoms with Crippen LogP contribution in [0.1, 0.15) is 71.0 Å². The van der Waals surface area contributed by atoms with Crippen molar-refractivity contribution >= 4 is 17.9 Å². The predicted molar refractivity (Wildman–Crippen MR) is 142 cm³/mol. The first-order valence-corrected chi connectivity index (χ1v) is 12.9. The van der Waals surface area contributed by atoms with Crippen LogP contribution in [0.15, 0.2) is 54.6 Å². The second kappa shape index (κ2) is 12.1. The van der Waals surface area contributed by atoms with E-state index >= 15 is 0 Å². The first kappa shape index (κ1) is 28.0. The molecule has 2 aromatic rings. The number of benzene rings is 2. The number of nitrogens with one attached hydrogen (secondary N) is 2. The zero-order valence-corrected chi connectivity index (χ0v) is 22.4. The number of ether oxygens (including phenoxy) is 1. The van der Waals surface area contributed by atoms with E-state index in [1.54, 1.807) is 37.8 Å². The maximum Gasteiger partial charge on any atom is 0.408 e. The normalized spacial score (nSPS) is 15.3. The average molecular weight is 510 g/mol. The maximum absolute atomic E-state index is 14.3. The van der Waals surface area contributed by atoms with Crippen LogP contribution >= 0.6 is 0 Å². The van der Waals surface area contributed by atoms with Crippen molar-refractivity contribution in [2.45, 2.75) is 90.1 Å². The van der Waals surface area contributed by atoms with Gasteiger partial charge in [0.2, 0.25) is 11.8 Å². The molecule has 0 aliphatic heterocycles. The van der Waals surface area contributed by atoms with Crippen LogP contribution in [0.4, 0.5) is 4.79 Å². The third kappa shape index (κ3) is 7.97. The van der Waals surface area contributed by atoms with Gasteiger partial charge in [0.05, 0.1) is 0 Å². The summed E-state index contributed by atoms with van der Waals surface area (Å²) in [5, 5.41) is 15.4. The van der Waals surface area contributed by atoms with Gasteiger partial charge in [-0.25, -0.2) is 4.79 Å². The van der Waals surface area contributed by atoms with E-state index in [2.05, 4.69) is 10.6 Å². The summed E-state index contributed by atoms with van der Waals surface area (Å²) in [5.74, 6) is -0.504. The molecule has 37 heavy (non-hydrogen) atoms. The Morgan fingerprint density at radius 2 is 1.62 bits per heavy atom. The van der Waals surface area contributed by atoms with Gasteiger partial charge in [0, 0.05) is 18.5 Å². The lowest BCUT2D eigenvalue weighted by Gasteiger charge is -2.43. The molecule has 1 fully saturated rings. The molecular weight excluding hydrogens is 470 g/mol. The van der Waals surface area contributed by atoms with Gasteiger partial charge in [0.25, 0.3) is 0 Å². The number of phenols is 1. The number of alkyl carbamates (subject to hydrolysis) is 1. The summed E-state index contributed by atoms with van der Waals surface area (Å²) in [7, 11) is 0. The van der Waals surface area contributed by atoms with E-state index in [9.17, 15) is 19.5 Å². The van der Waals surface area contributed by atoms with Crippen molar-refractivity contribution in [3.8, 4) is 5.75 Å². The summed E-state index contributed by atoms with van der Waals surface area (Å²) in [6, 6.07) is 13.7. The molecule has 1 aliphatic carbocycles. The fraction of sp³-hybridized carbons (Fsp3) is 0.483. The first-order valence-electron chi connectivity index (χ1n) is 12.9. The number of carbonyl (C=O) groups excluding carboxylic acids is 3. The Balaban J connectivity index is 2.01. The smallest absolute Gasteiger partial charge is 0.408 e. The molecule has 0 saturated heterocycles. The fourth-order valence-corrected chi connectivity index (χ4v) is 4.32. The molecule has 2 unspecified atom stereocenters. The minimum atomic E-state index is -0.974. The van der Waals surface area contributed by atoms with Gasteiger partial charge in [-0.05, 0) is 77.1 Å². The number of amides is 3. The van der Waals surface area contributed by atoms with E-state index in [-0.39, 0.29) is 36.1 Å². The van der Waals surface area contributed by atoms with E-state index in [0.29, 0.717) is 5.56 Å². The number of hydrogen-bond acceptors (Lipinski definition) is 5. The second-order valence-corrected chi connectivity index (χ2v) is 10.9. The van der Waals surface area contributed by atoms with Crippen molar-refractivity contribution in [2.75, 3.05) is 0 Å². The van der Waals surface area contributed by atoms with Crippen molar-refractivity contribution in [1.82, 2.24) is 15.5 Å². The lowest BCUT2D eigenvalue weighted by molar-refractivity contribution is -0.147. The van der Waals surface area contributed by atoms with E-state index in [1.165, 1.54) is 12.1 Å². The number of carbonyl (C=O) groups is 3. The summed E-state index contributed by atoms with van der Waals surface area (Å²) in [6.07, 6.45) is 1.99. The summed E-state index contributed by atoms with van der Waals surface area (Å²) in [5.41, 5.74) is 0.721. The highest BCUT2D eigenvalue weighted by molar-refractivity contribution is 5.92. The Labute approximate surface area is 219 Å². The quantitative estimate of drug-likeness (QED) is 0.462. The molecule has 2 atom stereocenters. The Morgan fingerprint density at radius 1 is 1.00 bits per heavy atom. The summed E-state index contributed by atoms with van der Waals surface area (Å²) < 4.78 is 5.46. The van der Waals surface area contributed by atoms with Gasteiger partial charge >= 0.3 is 6.09 Å². The van der Waals surface area contributed by atoms with Crippen LogP contribution in [0.3, 0.4) is 0 Å². The Bertz CT molecular complexity index is 1060. The van der Waals surface area contributed by atoms with Gasteiger partial charge < -0.3 is 25.4 Å². The number of hydrogen-bond donors (Lipinski definition) is 3. The van der Waals surface area contributed by atoms with Crippen LogP contribution in [0, 0.1) is 0 Å². The third-order valence-corrected chi connectivity index (χ3v) is 6.16. The number of aromatic hydroxyl groups is 1. The van der Waals surface area contributed by atoms with Crippen LogP contribution in [0.5, 0.6) is 5.75 Å². The van der Waals surface area contributed by atoms with Gasteiger partial charge in [-0.2, -0.15) is 0 Å².